The first kappa shape index (κ1) is 14.5. The van der Waals surface area contributed by atoms with Gasteiger partial charge in [-0.1, -0.05) is 6.07 Å². The number of nitrogens with zero attached hydrogens (tertiary/aromatic N) is 1. The van der Waals surface area contributed by atoms with Crippen LogP contribution >= 0.6 is 11.6 Å². The third kappa shape index (κ3) is 3.33. The minimum atomic E-state index is 0.437. The van der Waals surface area contributed by atoms with Crippen LogP contribution in [-0.4, -0.2) is 19.2 Å². The zero-order valence-corrected chi connectivity index (χ0v) is 12.4. The third-order valence-electron chi connectivity index (χ3n) is 2.86. The van der Waals surface area contributed by atoms with Crippen molar-refractivity contribution in [2.75, 3.05) is 14.2 Å². The number of hydrogen-bond donors (Lipinski definition) is 0. The van der Waals surface area contributed by atoms with Gasteiger partial charge in [-0.3, -0.25) is 0 Å². The molecule has 0 aliphatic rings. The van der Waals surface area contributed by atoms with Crippen molar-refractivity contribution in [1.29, 1.82) is 0 Å². The van der Waals surface area contributed by atoms with Gasteiger partial charge in [0.25, 0.3) is 0 Å². The number of aromatic nitrogens is 1. The summed E-state index contributed by atoms with van der Waals surface area (Å²) >= 11 is 5.81. The maximum absolute atomic E-state index is 5.81. The van der Waals surface area contributed by atoms with Gasteiger partial charge in [-0.05, 0) is 12.5 Å². The molecule has 1 heterocycles. The Labute approximate surface area is 123 Å². The molecule has 0 radical (unpaired) electrons. The Morgan fingerprint density at radius 2 is 1.60 bits per heavy atom. The van der Waals surface area contributed by atoms with Crippen molar-refractivity contribution in [2.24, 2.45) is 0 Å². The van der Waals surface area contributed by atoms with E-state index in [-0.39, 0.29) is 0 Å². The van der Waals surface area contributed by atoms with Crippen LogP contribution in [0.15, 0.2) is 30.3 Å². The molecule has 1 aromatic carbocycles. The van der Waals surface area contributed by atoms with Crippen molar-refractivity contribution in [3.8, 4) is 23.1 Å². The summed E-state index contributed by atoms with van der Waals surface area (Å²) in [6.07, 6.45) is 0. The molecule has 106 valence electrons. The molecule has 5 heteroatoms. The zero-order chi connectivity index (χ0) is 14.5. The largest absolute Gasteiger partial charge is 0.496 e. The molecular formula is C15H16ClNO3. The highest BCUT2D eigenvalue weighted by atomic mass is 35.5. The second kappa shape index (κ2) is 6.48. The number of ether oxygens (including phenoxy) is 3. The van der Waals surface area contributed by atoms with E-state index in [1.165, 1.54) is 0 Å². The molecule has 0 aliphatic heterocycles. The summed E-state index contributed by atoms with van der Waals surface area (Å²) in [5.41, 5.74) is 1.84. The first-order chi connectivity index (χ1) is 9.66. The maximum Gasteiger partial charge on any atom is 0.219 e. The van der Waals surface area contributed by atoms with Gasteiger partial charge in [0.2, 0.25) is 5.88 Å². The molecule has 0 spiro atoms. The molecule has 0 fully saturated rings. The Morgan fingerprint density at radius 3 is 2.10 bits per heavy atom. The smallest absolute Gasteiger partial charge is 0.219 e. The number of alkyl halides is 1. The van der Waals surface area contributed by atoms with E-state index < -0.39 is 0 Å². The van der Waals surface area contributed by atoms with Gasteiger partial charge in [-0.15, -0.1) is 11.6 Å². The Morgan fingerprint density at radius 1 is 1.00 bits per heavy atom. The number of hydrogen-bond acceptors (Lipinski definition) is 4. The average Bonchev–Trinajstić information content (AvgIpc) is 2.47. The summed E-state index contributed by atoms with van der Waals surface area (Å²) in [7, 11) is 3.19. The monoisotopic (exact) mass is 293 g/mol. The lowest BCUT2D eigenvalue weighted by atomic mass is 10.2. The first-order valence-electron chi connectivity index (χ1n) is 6.09. The second-order valence-electron chi connectivity index (χ2n) is 4.18. The van der Waals surface area contributed by atoms with Crippen molar-refractivity contribution >= 4 is 11.6 Å². The summed E-state index contributed by atoms with van der Waals surface area (Å²) in [5, 5.41) is 0. The number of benzene rings is 1. The van der Waals surface area contributed by atoms with E-state index in [2.05, 4.69) is 4.98 Å². The van der Waals surface area contributed by atoms with Crippen LogP contribution in [0.5, 0.6) is 23.1 Å². The van der Waals surface area contributed by atoms with Gasteiger partial charge in [0.15, 0.2) is 0 Å². The third-order valence-corrected chi connectivity index (χ3v) is 3.15. The van der Waals surface area contributed by atoms with Crippen LogP contribution in [0, 0.1) is 6.92 Å². The molecule has 0 saturated carbocycles. The molecule has 0 N–H and O–H groups in total. The molecule has 20 heavy (non-hydrogen) atoms. The van der Waals surface area contributed by atoms with Crippen molar-refractivity contribution in [1.82, 2.24) is 4.98 Å². The normalized spacial score (nSPS) is 10.2. The summed E-state index contributed by atoms with van der Waals surface area (Å²) in [5.74, 6) is 2.87. The first-order valence-corrected chi connectivity index (χ1v) is 6.63. The highest BCUT2D eigenvalue weighted by molar-refractivity contribution is 6.17. The molecule has 0 saturated heterocycles. The molecule has 4 nitrogen and oxygen atoms in total. The van der Waals surface area contributed by atoms with Gasteiger partial charge in [-0.2, -0.15) is 0 Å². The minimum Gasteiger partial charge on any atom is -0.496 e. The van der Waals surface area contributed by atoms with E-state index in [0.717, 1.165) is 11.3 Å². The van der Waals surface area contributed by atoms with Crippen LogP contribution in [0.25, 0.3) is 0 Å². The summed E-state index contributed by atoms with van der Waals surface area (Å²) in [6.45, 7) is 1.90. The second-order valence-corrected chi connectivity index (χ2v) is 4.45. The van der Waals surface area contributed by atoms with Gasteiger partial charge in [0.1, 0.15) is 17.2 Å². The fraction of sp³-hybridized carbons (Fsp3) is 0.267. The highest BCUT2D eigenvalue weighted by Gasteiger charge is 2.06. The van der Waals surface area contributed by atoms with E-state index in [1.54, 1.807) is 38.5 Å². The van der Waals surface area contributed by atoms with Gasteiger partial charge in [-0.25, -0.2) is 4.98 Å². The van der Waals surface area contributed by atoms with Crippen molar-refractivity contribution < 1.29 is 14.2 Å². The standard InChI is InChI=1S/C15H16ClNO3/c1-10-11(9-16)4-5-15(17-10)20-14-7-12(18-2)6-13(8-14)19-3/h4-8H,9H2,1-3H3. The predicted molar refractivity (Wildman–Crippen MR) is 78.2 cm³/mol. The number of methoxy groups -OCH3 is 2. The zero-order valence-electron chi connectivity index (χ0n) is 11.6. The molecule has 1 aromatic heterocycles. The maximum atomic E-state index is 5.81. The van der Waals surface area contributed by atoms with Crippen molar-refractivity contribution in [3.05, 3.63) is 41.6 Å². The molecular weight excluding hydrogens is 278 g/mol. The fourth-order valence-corrected chi connectivity index (χ4v) is 2.01. The Kier molecular flexibility index (Phi) is 4.69. The van der Waals surface area contributed by atoms with Gasteiger partial charge in [0, 0.05) is 35.8 Å². The highest BCUT2D eigenvalue weighted by Crippen LogP contribution is 2.30. The quantitative estimate of drug-likeness (QED) is 0.783. The van der Waals surface area contributed by atoms with Crippen molar-refractivity contribution in [3.63, 3.8) is 0 Å². The number of aryl methyl sites for hydroxylation is 1. The van der Waals surface area contributed by atoms with Crippen LogP contribution in [0.2, 0.25) is 0 Å². The lowest BCUT2D eigenvalue weighted by Gasteiger charge is -2.10. The lowest BCUT2D eigenvalue weighted by Crippen LogP contribution is -1.95. The molecule has 0 atom stereocenters. The fourth-order valence-electron chi connectivity index (χ4n) is 1.73. The summed E-state index contributed by atoms with van der Waals surface area (Å²) < 4.78 is 16.1. The lowest BCUT2D eigenvalue weighted by molar-refractivity contribution is 0.385. The van der Waals surface area contributed by atoms with Crippen LogP contribution < -0.4 is 14.2 Å². The van der Waals surface area contributed by atoms with E-state index >= 15 is 0 Å². The summed E-state index contributed by atoms with van der Waals surface area (Å²) in [6, 6.07) is 9.02. The van der Waals surface area contributed by atoms with E-state index in [1.807, 2.05) is 13.0 Å². The SMILES string of the molecule is COc1cc(OC)cc(Oc2ccc(CCl)c(C)n2)c1. The molecule has 0 bridgehead atoms. The Bertz CT molecular complexity index is 579. The minimum absolute atomic E-state index is 0.437. The molecule has 2 aromatic rings. The van der Waals surface area contributed by atoms with E-state index in [4.69, 9.17) is 25.8 Å². The van der Waals surface area contributed by atoms with Crippen LogP contribution in [0.3, 0.4) is 0 Å². The molecule has 2 rings (SSSR count). The van der Waals surface area contributed by atoms with Gasteiger partial charge >= 0.3 is 0 Å². The van der Waals surface area contributed by atoms with E-state index in [0.29, 0.717) is 29.0 Å². The molecule has 0 unspecified atom stereocenters. The van der Waals surface area contributed by atoms with E-state index in [9.17, 15) is 0 Å². The van der Waals surface area contributed by atoms with Crippen LogP contribution in [0.4, 0.5) is 0 Å². The number of rotatable bonds is 5. The summed E-state index contributed by atoms with van der Waals surface area (Å²) in [4.78, 5) is 4.36. The average molecular weight is 294 g/mol. The number of halogens is 1. The van der Waals surface area contributed by atoms with Crippen molar-refractivity contribution in [2.45, 2.75) is 12.8 Å². The van der Waals surface area contributed by atoms with Crippen LogP contribution in [-0.2, 0) is 5.88 Å². The predicted octanol–water partition coefficient (Wildman–Crippen LogP) is 3.94. The topological polar surface area (TPSA) is 40.6 Å². The van der Waals surface area contributed by atoms with Crippen LogP contribution in [0.1, 0.15) is 11.3 Å². The Hall–Kier alpha value is -1.94. The molecule has 0 aliphatic carbocycles. The number of pyridine rings is 1. The van der Waals surface area contributed by atoms with Gasteiger partial charge < -0.3 is 14.2 Å². The molecule has 0 amide bonds. The Balaban J connectivity index is 2.27. The van der Waals surface area contributed by atoms with Gasteiger partial charge in [0.05, 0.1) is 14.2 Å².